The number of benzene rings is 2. The predicted octanol–water partition coefficient (Wildman–Crippen LogP) is 4.22. The number of hydrogen-bond acceptors (Lipinski definition) is 3. The van der Waals surface area contributed by atoms with E-state index in [1.807, 2.05) is 32.0 Å². The summed E-state index contributed by atoms with van der Waals surface area (Å²) in [5.74, 6) is 0.448. The number of carbonyl (C=O) groups is 1. The molecule has 6 heteroatoms. The first-order valence-corrected chi connectivity index (χ1v) is 11.1. The standard InChI is InChI=1S/C22H28N2O3S/c1-15-12-16(2)14-24(13-15)28(26,27)20-10-8-19(9-11-20)22(25)23-21-17(3)6-5-7-18(21)4/h5-11,15-16H,12-14H2,1-4H3,(H,23,25). The minimum Gasteiger partial charge on any atom is -0.322 e. The molecule has 2 atom stereocenters. The number of anilines is 1. The molecule has 1 amide bonds. The quantitative estimate of drug-likeness (QED) is 0.835. The first-order valence-electron chi connectivity index (χ1n) is 9.66. The Hall–Kier alpha value is -2.18. The second kappa shape index (κ2) is 8.05. The van der Waals surface area contributed by atoms with Crippen molar-refractivity contribution >= 4 is 21.6 Å². The van der Waals surface area contributed by atoms with Crippen molar-refractivity contribution in [1.29, 1.82) is 0 Å². The van der Waals surface area contributed by atoms with Crippen molar-refractivity contribution < 1.29 is 13.2 Å². The lowest BCUT2D eigenvalue weighted by molar-refractivity contribution is 0.102. The van der Waals surface area contributed by atoms with Crippen LogP contribution in [-0.2, 0) is 10.0 Å². The van der Waals surface area contributed by atoms with Gasteiger partial charge in [0, 0.05) is 24.3 Å². The van der Waals surface area contributed by atoms with Crippen molar-refractivity contribution in [2.75, 3.05) is 18.4 Å². The Kier molecular flexibility index (Phi) is 5.91. The molecule has 5 nitrogen and oxygen atoms in total. The van der Waals surface area contributed by atoms with Crippen LogP contribution in [0.25, 0.3) is 0 Å². The van der Waals surface area contributed by atoms with E-state index < -0.39 is 10.0 Å². The molecule has 1 N–H and O–H groups in total. The molecule has 150 valence electrons. The van der Waals surface area contributed by atoms with E-state index in [9.17, 15) is 13.2 Å². The third-order valence-electron chi connectivity index (χ3n) is 5.31. The Balaban J connectivity index is 1.78. The zero-order valence-electron chi connectivity index (χ0n) is 16.9. The van der Waals surface area contributed by atoms with Gasteiger partial charge in [-0.15, -0.1) is 0 Å². The molecule has 1 heterocycles. The first-order chi connectivity index (χ1) is 13.2. The third-order valence-corrected chi connectivity index (χ3v) is 7.16. The first kappa shape index (κ1) is 20.6. The number of hydrogen-bond donors (Lipinski definition) is 1. The average Bonchev–Trinajstić information content (AvgIpc) is 2.64. The van der Waals surface area contributed by atoms with Crippen LogP contribution < -0.4 is 5.32 Å². The van der Waals surface area contributed by atoms with Crippen LogP contribution in [0.5, 0.6) is 0 Å². The summed E-state index contributed by atoms with van der Waals surface area (Å²) in [6, 6.07) is 12.0. The predicted molar refractivity (Wildman–Crippen MR) is 112 cm³/mol. The summed E-state index contributed by atoms with van der Waals surface area (Å²) in [5, 5.41) is 2.93. The molecule has 1 aliphatic heterocycles. The topological polar surface area (TPSA) is 66.5 Å². The molecular formula is C22H28N2O3S. The summed E-state index contributed by atoms with van der Waals surface area (Å²) < 4.78 is 27.5. The van der Waals surface area contributed by atoms with E-state index in [1.165, 1.54) is 12.1 Å². The van der Waals surface area contributed by atoms with Crippen molar-refractivity contribution in [1.82, 2.24) is 4.31 Å². The van der Waals surface area contributed by atoms with E-state index in [4.69, 9.17) is 0 Å². The smallest absolute Gasteiger partial charge is 0.255 e. The monoisotopic (exact) mass is 400 g/mol. The number of rotatable bonds is 4. The lowest BCUT2D eigenvalue weighted by atomic mass is 9.94. The number of amides is 1. The number of sulfonamides is 1. The Morgan fingerprint density at radius 3 is 2.04 bits per heavy atom. The van der Waals surface area contributed by atoms with Crippen LogP contribution in [0.1, 0.15) is 41.8 Å². The maximum atomic E-state index is 13.0. The summed E-state index contributed by atoms with van der Waals surface area (Å²) in [4.78, 5) is 12.8. The molecular weight excluding hydrogens is 372 g/mol. The molecule has 0 aliphatic carbocycles. The summed E-state index contributed by atoms with van der Waals surface area (Å²) in [5.41, 5.74) is 3.20. The van der Waals surface area contributed by atoms with Crippen LogP contribution in [0.15, 0.2) is 47.4 Å². The van der Waals surface area contributed by atoms with E-state index in [1.54, 1.807) is 16.4 Å². The number of nitrogens with one attached hydrogen (secondary N) is 1. The van der Waals surface area contributed by atoms with Gasteiger partial charge in [0.1, 0.15) is 0 Å². The zero-order valence-corrected chi connectivity index (χ0v) is 17.7. The Morgan fingerprint density at radius 1 is 0.964 bits per heavy atom. The number of carbonyl (C=O) groups excluding carboxylic acids is 1. The maximum absolute atomic E-state index is 13.0. The van der Waals surface area contributed by atoms with Crippen molar-refractivity contribution in [3.05, 3.63) is 59.2 Å². The highest BCUT2D eigenvalue weighted by atomic mass is 32.2. The second-order valence-corrected chi connectivity index (χ2v) is 9.95. The number of nitrogens with zero attached hydrogens (tertiary/aromatic N) is 1. The highest BCUT2D eigenvalue weighted by Gasteiger charge is 2.31. The molecule has 0 saturated carbocycles. The molecule has 1 fully saturated rings. The lowest BCUT2D eigenvalue weighted by Crippen LogP contribution is -2.42. The number of para-hydroxylation sites is 1. The van der Waals surface area contributed by atoms with E-state index in [2.05, 4.69) is 19.2 Å². The Morgan fingerprint density at radius 2 is 1.50 bits per heavy atom. The van der Waals surface area contributed by atoms with Gasteiger partial charge in [-0.25, -0.2) is 8.42 Å². The SMILES string of the molecule is Cc1cccc(C)c1NC(=O)c1ccc(S(=O)(=O)N2CC(C)CC(C)C2)cc1. The summed E-state index contributed by atoms with van der Waals surface area (Å²) in [7, 11) is -3.54. The summed E-state index contributed by atoms with van der Waals surface area (Å²) in [6.07, 6.45) is 1.05. The second-order valence-electron chi connectivity index (χ2n) is 8.01. The summed E-state index contributed by atoms with van der Waals surface area (Å²) >= 11 is 0. The number of aryl methyl sites for hydroxylation is 2. The van der Waals surface area contributed by atoms with Crippen LogP contribution in [0.3, 0.4) is 0 Å². The third kappa shape index (κ3) is 4.28. The molecule has 0 spiro atoms. The van der Waals surface area contributed by atoms with Crippen molar-refractivity contribution in [3.63, 3.8) is 0 Å². The van der Waals surface area contributed by atoms with Crippen molar-refractivity contribution in [2.24, 2.45) is 11.8 Å². The van der Waals surface area contributed by atoms with Gasteiger partial charge >= 0.3 is 0 Å². The number of piperidine rings is 1. The van der Waals surface area contributed by atoms with Gasteiger partial charge in [0.25, 0.3) is 5.91 Å². The fourth-order valence-corrected chi connectivity index (χ4v) is 5.61. The van der Waals surface area contributed by atoms with Gasteiger partial charge in [-0.1, -0.05) is 32.0 Å². The average molecular weight is 401 g/mol. The Bertz CT molecular complexity index is 938. The largest absolute Gasteiger partial charge is 0.322 e. The van der Waals surface area contributed by atoms with Crippen molar-refractivity contribution in [3.8, 4) is 0 Å². The van der Waals surface area contributed by atoms with E-state index >= 15 is 0 Å². The fraction of sp³-hybridized carbons (Fsp3) is 0.409. The van der Waals surface area contributed by atoms with Crippen LogP contribution in [-0.4, -0.2) is 31.7 Å². The molecule has 2 aromatic rings. The highest BCUT2D eigenvalue weighted by molar-refractivity contribution is 7.89. The van der Waals surface area contributed by atoms with Gasteiger partial charge in [-0.3, -0.25) is 4.79 Å². The molecule has 2 unspecified atom stereocenters. The van der Waals surface area contributed by atoms with Gasteiger partial charge < -0.3 is 5.32 Å². The van der Waals surface area contributed by atoms with Crippen LogP contribution in [0.4, 0.5) is 5.69 Å². The van der Waals surface area contributed by atoms with Gasteiger partial charge in [0.15, 0.2) is 0 Å². The van der Waals surface area contributed by atoms with E-state index in [0.29, 0.717) is 30.5 Å². The van der Waals surface area contributed by atoms with Gasteiger partial charge in [-0.2, -0.15) is 4.31 Å². The van der Waals surface area contributed by atoms with Gasteiger partial charge in [0.05, 0.1) is 4.90 Å². The minimum absolute atomic E-state index is 0.234. The highest BCUT2D eigenvalue weighted by Crippen LogP contribution is 2.27. The molecule has 1 saturated heterocycles. The fourth-order valence-electron chi connectivity index (χ4n) is 3.93. The van der Waals surface area contributed by atoms with E-state index in [-0.39, 0.29) is 10.8 Å². The van der Waals surface area contributed by atoms with Gasteiger partial charge in [-0.05, 0) is 67.5 Å². The molecule has 0 radical (unpaired) electrons. The van der Waals surface area contributed by atoms with Crippen molar-refractivity contribution in [2.45, 2.75) is 39.0 Å². The molecule has 28 heavy (non-hydrogen) atoms. The maximum Gasteiger partial charge on any atom is 0.255 e. The van der Waals surface area contributed by atoms with Gasteiger partial charge in [0.2, 0.25) is 10.0 Å². The molecule has 0 aromatic heterocycles. The van der Waals surface area contributed by atoms with Crippen LogP contribution in [0, 0.1) is 25.7 Å². The van der Waals surface area contributed by atoms with E-state index in [0.717, 1.165) is 23.2 Å². The normalized spacial score (nSPS) is 20.7. The molecule has 3 rings (SSSR count). The van der Waals surface area contributed by atoms with Crippen LogP contribution >= 0.6 is 0 Å². The minimum atomic E-state index is -3.54. The zero-order chi connectivity index (χ0) is 20.5. The van der Waals surface area contributed by atoms with Crippen LogP contribution in [0.2, 0.25) is 0 Å². The molecule has 1 aliphatic rings. The summed E-state index contributed by atoms with van der Waals surface area (Å²) in [6.45, 7) is 9.14. The Labute approximate surface area is 167 Å². The molecule has 0 bridgehead atoms. The lowest BCUT2D eigenvalue weighted by Gasteiger charge is -2.34. The molecule has 2 aromatic carbocycles.